The van der Waals surface area contributed by atoms with Gasteiger partial charge in [-0.2, -0.15) is 4.98 Å². The van der Waals surface area contributed by atoms with E-state index in [9.17, 15) is 0 Å². The zero-order chi connectivity index (χ0) is 18.8. The Balaban J connectivity index is 1.65. The molecule has 4 rings (SSSR count). The molecule has 0 bridgehead atoms. The Labute approximate surface area is 155 Å². The highest BCUT2D eigenvalue weighted by molar-refractivity contribution is 5.60. The van der Waals surface area contributed by atoms with Crippen LogP contribution in [-0.2, 0) is 0 Å². The molecule has 1 atom stereocenters. The van der Waals surface area contributed by atoms with Gasteiger partial charge in [-0.1, -0.05) is 5.16 Å². The van der Waals surface area contributed by atoms with Crippen LogP contribution in [0.2, 0.25) is 0 Å². The predicted molar refractivity (Wildman–Crippen MR) is 96.6 cm³/mol. The summed E-state index contributed by atoms with van der Waals surface area (Å²) >= 11 is 0. The number of aromatic nitrogens is 4. The molecular formula is C19H18N4O4. The van der Waals surface area contributed by atoms with E-state index in [1.165, 1.54) is 0 Å². The van der Waals surface area contributed by atoms with Gasteiger partial charge in [0.05, 0.1) is 26.0 Å². The summed E-state index contributed by atoms with van der Waals surface area (Å²) in [5, 5.41) is 4.11. The van der Waals surface area contributed by atoms with E-state index >= 15 is 0 Å². The zero-order valence-electron chi connectivity index (χ0n) is 15.1. The van der Waals surface area contributed by atoms with Gasteiger partial charge < -0.3 is 23.0 Å². The van der Waals surface area contributed by atoms with Crippen molar-refractivity contribution in [3.8, 4) is 34.3 Å². The predicted octanol–water partition coefficient (Wildman–Crippen LogP) is 3.82. The fraction of sp³-hybridized carbons (Fsp3) is 0.211. The molecule has 8 heteroatoms. The molecule has 0 radical (unpaired) electrons. The zero-order valence-corrected chi connectivity index (χ0v) is 15.1. The number of methoxy groups -OCH3 is 2. The first-order valence-electron chi connectivity index (χ1n) is 8.32. The third kappa shape index (κ3) is 3.05. The van der Waals surface area contributed by atoms with E-state index in [4.69, 9.17) is 18.4 Å². The average Bonchev–Trinajstić information content (AvgIpc) is 3.47. The van der Waals surface area contributed by atoms with Crippen LogP contribution in [0.3, 0.4) is 0 Å². The van der Waals surface area contributed by atoms with Crippen molar-refractivity contribution in [2.75, 3.05) is 14.2 Å². The Morgan fingerprint density at radius 2 is 1.93 bits per heavy atom. The second-order valence-electron chi connectivity index (χ2n) is 5.87. The molecule has 0 aliphatic carbocycles. The molecule has 27 heavy (non-hydrogen) atoms. The molecule has 0 fully saturated rings. The summed E-state index contributed by atoms with van der Waals surface area (Å²) in [6, 6.07) is 7.13. The molecular weight excluding hydrogens is 348 g/mol. The van der Waals surface area contributed by atoms with Crippen LogP contribution < -0.4 is 9.47 Å². The molecule has 4 aromatic rings. The molecule has 138 valence electrons. The lowest BCUT2D eigenvalue weighted by molar-refractivity contribution is 0.346. The first kappa shape index (κ1) is 16.9. The lowest BCUT2D eigenvalue weighted by atomic mass is 10.2. The lowest BCUT2D eigenvalue weighted by Gasteiger charge is -2.11. The lowest BCUT2D eigenvalue weighted by Crippen LogP contribution is -2.07. The Hall–Kier alpha value is -3.55. The highest BCUT2D eigenvalue weighted by atomic mass is 16.5. The van der Waals surface area contributed by atoms with E-state index in [2.05, 4.69) is 15.1 Å². The highest BCUT2D eigenvalue weighted by Crippen LogP contribution is 2.32. The Kier molecular flexibility index (Phi) is 4.37. The SMILES string of the molecule is COc1ccc(-c2noc([C@H](C)n3ccnc3-c3ccoc3)n2)cc1OC. The maximum Gasteiger partial charge on any atom is 0.249 e. The molecule has 3 heterocycles. The maximum absolute atomic E-state index is 5.50. The minimum Gasteiger partial charge on any atom is -0.493 e. The highest BCUT2D eigenvalue weighted by Gasteiger charge is 2.21. The topological polar surface area (TPSA) is 88.3 Å². The van der Waals surface area contributed by atoms with Crippen LogP contribution in [-0.4, -0.2) is 33.9 Å². The average molecular weight is 366 g/mol. The van der Waals surface area contributed by atoms with Gasteiger partial charge in [-0.25, -0.2) is 4.98 Å². The van der Waals surface area contributed by atoms with Gasteiger partial charge in [0.1, 0.15) is 18.1 Å². The second-order valence-corrected chi connectivity index (χ2v) is 5.87. The van der Waals surface area contributed by atoms with Crippen LogP contribution >= 0.6 is 0 Å². The summed E-state index contributed by atoms with van der Waals surface area (Å²) in [7, 11) is 3.18. The van der Waals surface area contributed by atoms with Crippen molar-refractivity contribution >= 4 is 0 Å². The van der Waals surface area contributed by atoms with Crippen LogP contribution in [0.15, 0.2) is 58.1 Å². The monoisotopic (exact) mass is 366 g/mol. The van der Waals surface area contributed by atoms with Gasteiger partial charge in [0.2, 0.25) is 11.7 Å². The van der Waals surface area contributed by atoms with Crippen molar-refractivity contribution in [1.82, 2.24) is 19.7 Å². The van der Waals surface area contributed by atoms with Gasteiger partial charge in [-0.15, -0.1) is 0 Å². The minimum absolute atomic E-state index is 0.196. The van der Waals surface area contributed by atoms with Crippen molar-refractivity contribution in [1.29, 1.82) is 0 Å². The summed E-state index contributed by atoms with van der Waals surface area (Å²) < 4.78 is 23.2. The Morgan fingerprint density at radius 1 is 1.07 bits per heavy atom. The number of benzene rings is 1. The van der Waals surface area contributed by atoms with Gasteiger partial charge in [0.25, 0.3) is 0 Å². The molecule has 0 aliphatic rings. The molecule has 0 N–H and O–H groups in total. The van der Waals surface area contributed by atoms with Crippen LogP contribution in [0, 0.1) is 0 Å². The van der Waals surface area contributed by atoms with Gasteiger partial charge in [-0.05, 0) is 31.2 Å². The first-order valence-corrected chi connectivity index (χ1v) is 8.32. The van der Waals surface area contributed by atoms with Gasteiger partial charge >= 0.3 is 0 Å². The second kappa shape index (κ2) is 6.99. The summed E-state index contributed by atoms with van der Waals surface area (Å²) in [6.07, 6.45) is 6.85. The van der Waals surface area contributed by atoms with E-state index in [-0.39, 0.29) is 6.04 Å². The maximum atomic E-state index is 5.50. The molecule has 1 aromatic carbocycles. The van der Waals surface area contributed by atoms with E-state index in [1.54, 1.807) is 39.0 Å². The van der Waals surface area contributed by atoms with Crippen LogP contribution in [0.5, 0.6) is 11.5 Å². The minimum atomic E-state index is -0.196. The van der Waals surface area contributed by atoms with E-state index < -0.39 is 0 Å². The first-order chi connectivity index (χ1) is 13.2. The smallest absolute Gasteiger partial charge is 0.249 e. The van der Waals surface area contributed by atoms with Crippen LogP contribution in [0.4, 0.5) is 0 Å². The van der Waals surface area contributed by atoms with Gasteiger partial charge in [0.15, 0.2) is 11.5 Å². The normalized spacial score (nSPS) is 12.1. The number of rotatable bonds is 6. The summed E-state index contributed by atoms with van der Waals surface area (Å²) in [5.41, 5.74) is 1.65. The van der Waals surface area contributed by atoms with Gasteiger partial charge in [0, 0.05) is 18.0 Å². The van der Waals surface area contributed by atoms with Crippen molar-refractivity contribution in [3.05, 3.63) is 55.1 Å². The number of furan rings is 1. The van der Waals surface area contributed by atoms with Crippen LogP contribution in [0.25, 0.3) is 22.8 Å². The number of hydrogen-bond donors (Lipinski definition) is 0. The molecule has 0 aliphatic heterocycles. The molecule has 0 saturated heterocycles. The van der Waals surface area contributed by atoms with Crippen molar-refractivity contribution in [3.63, 3.8) is 0 Å². The van der Waals surface area contributed by atoms with E-state index in [1.807, 2.05) is 35.9 Å². The van der Waals surface area contributed by atoms with Gasteiger partial charge in [-0.3, -0.25) is 0 Å². The number of imidazole rings is 1. The Morgan fingerprint density at radius 3 is 2.67 bits per heavy atom. The molecule has 0 saturated carbocycles. The molecule has 0 amide bonds. The fourth-order valence-corrected chi connectivity index (χ4v) is 2.86. The van der Waals surface area contributed by atoms with E-state index in [0.717, 1.165) is 17.0 Å². The summed E-state index contributed by atoms with van der Waals surface area (Å²) in [4.78, 5) is 8.94. The van der Waals surface area contributed by atoms with E-state index in [0.29, 0.717) is 23.2 Å². The number of nitrogens with zero attached hydrogens (tertiary/aromatic N) is 4. The van der Waals surface area contributed by atoms with Crippen molar-refractivity contribution in [2.24, 2.45) is 0 Å². The summed E-state index contributed by atoms with van der Waals surface area (Å²) in [6.45, 7) is 1.97. The Bertz CT molecular complexity index is 1040. The largest absolute Gasteiger partial charge is 0.493 e. The van der Waals surface area contributed by atoms with Crippen LogP contribution in [0.1, 0.15) is 18.9 Å². The molecule has 0 spiro atoms. The number of hydrogen-bond acceptors (Lipinski definition) is 7. The fourth-order valence-electron chi connectivity index (χ4n) is 2.86. The number of ether oxygens (including phenoxy) is 2. The third-order valence-electron chi connectivity index (χ3n) is 4.31. The quantitative estimate of drug-likeness (QED) is 0.512. The van der Waals surface area contributed by atoms with Crippen molar-refractivity contribution in [2.45, 2.75) is 13.0 Å². The van der Waals surface area contributed by atoms with Crippen molar-refractivity contribution < 1.29 is 18.4 Å². The standard InChI is InChI=1S/C19H18N4O4/c1-12(23-8-7-20-18(23)14-6-9-26-11-14)19-21-17(22-27-19)13-4-5-15(24-2)16(10-13)25-3/h4-12H,1-3H3/t12-/m0/s1. The third-order valence-corrected chi connectivity index (χ3v) is 4.31. The molecule has 8 nitrogen and oxygen atoms in total. The molecule has 3 aromatic heterocycles. The summed E-state index contributed by atoms with van der Waals surface area (Å²) in [5.74, 6) is 2.96. The molecule has 0 unspecified atom stereocenters.